The van der Waals surface area contributed by atoms with Crippen LogP contribution in [0.4, 0.5) is 4.79 Å². The van der Waals surface area contributed by atoms with Gasteiger partial charge < -0.3 is 20.1 Å². The standard InChI is InChI=1S/C12H20N2O5/c1-7-5-4-6-14(9(7)10(15)16)12(18)13-8(2)11(17)19-3/h7-9H,4-6H2,1-3H3,(H,13,18)(H,15,16). The summed E-state index contributed by atoms with van der Waals surface area (Å²) >= 11 is 0. The van der Waals surface area contributed by atoms with Crippen LogP contribution < -0.4 is 5.32 Å². The van der Waals surface area contributed by atoms with Gasteiger partial charge in [-0.3, -0.25) is 0 Å². The van der Waals surface area contributed by atoms with Crippen LogP contribution in [0.15, 0.2) is 0 Å². The summed E-state index contributed by atoms with van der Waals surface area (Å²) in [5.74, 6) is -1.69. The van der Waals surface area contributed by atoms with Crippen LogP contribution in [0.25, 0.3) is 0 Å². The molecule has 3 unspecified atom stereocenters. The molecule has 7 heteroatoms. The smallest absolute Gasteiger partial charge is 0.328 e. The van der Waals surface area contributed by atoms with Gasteiger partial charge in [-0.1, -0.05) is 6.92 Å². The number of nitrogens with one attached hydrogen (secondary N) is 1. The number of nitrogens with zero attached hydrogens (tertiary/aromatic N) is 1. The number of carbonyl (C=O) groups excluding carboxylic acids is 2. The van der Waals surface area contributed by atoms with E-state index in [2.05, 4.69) is 10.1 Å². The summed E-state index contributed by atoms with van der Waals surface area (Å²) in [5.41, 5.74) is 0. The lowest BCUT2D eigenvalue weighted by Gasteiger charge is -2.37. The van der Waals surface area contributed by atoms with E-state index in [-0.39, 0.29) is 5.92 Å². The Bertz CT molecular complexity index is 371. The molecular formula is C12H20N2O5. The van der Waals surface area contributed by atoms with E-state index in [1.54, 1.807) is 0 Å². The van der Waals surface area contributed by atoms with Crippen LogP contribution in [-0.4, -0.2) is 53.7 Å². The van der Waals surface area contributed by atoms with Crippen molar-refractivity contribution in [2.75, 3.05) is 13.7 Å². The normalized spacial score (nSPS) is 24.5. The SMILES string of the molecule is COC(=O)C(C)NC(=O)N1CCCC(C)C1C(=O)O. The lowest BCUT2D eigenvalue weighted by atomic mass is 9.91. The molecule has 1 rings (SSSR count). The number of carboxylic acid groups (broad SMARTS) is 1. The average molecular weight is 272 g/mol. The van der Waals surface area contributed by atoms with E-state index in [1.165, 1.54) is 18.9 Å². The van der Waals surface area contributed by atoms with Crippen LogP contribution in [0.2, 0.25) is 0 Å². The zero-order valence-electron chi connectivity index (χ0n) is 11.4. The predicted molar refractivity (Wildman–Crippen MR) is 66.5 cm³/mol. The lowest BCUT2D eigenvalue weighted by molar-refractivity contribution is -0.145. The maximum Gasteiger partial charge on any atom is 0.328 e. The Labute approximate surface area is 111 Å². The van der Waals surface area contributed by atoms with Gasteiger partial charge in [0, 0.05) is 6.54 Å². The largest absolute Gasteiger partial charge is 0.480 e. The molecule has 0 radical (unpaired) electrons. The quantitative estimate of drug-likeness (QED) is 0.727. The molecule has 1 heterocycles. The molecule has 1 aliphatic heterocycles. The maximum atomic E-state index is 12.0. The number of aliphatic carboxylic acids is 1. The highest BCUT2D eigenvalue weighted by molar-refractivity contribution is 5.86. The van der Waals surface area contributed by atoms with Gasteiger partial charge in [-0.05, 0) is 25.7 Å². The molecular weight excluding hydrogens is 252 g/mol. The van der Waals surface area contributed by atoms with Crippen molar-refractivity contribution in [3.63, 3.8) is 0 Å². The molecule has 0 aromatic rings. The van der Waals surface area contributed by atoms with E-state index in [9.17, 15) is 19.5 Å². The summed E-state index contributed by atoms with van der Waals surface area (Å²) in [6, 6.07) is -2.19. The second kappa shape index (κ2) is 6.40. The second-order valence-corrected chi connectivity index (χ2v) is 4.79. The fourth-order valence-corrected chi connectivity index (χ4v) is 2.30. The number of esters is 1. The van der Waals surface area contributed by atoms with E-state index in [0.29, 0.717) is 6.54 Å². The highest BCUT2D eigenvalue weighted by Gasteiger charge is 2.37. The Hall–Kier alpha value is -1.79. The minimum atomic E-state index is -1.02. The highest BCUT2D eigenvalue weighted by Crippen LogP contribution is 2.23. The number of rotatable bonds is 3. The molecule has 2 amide bonds. The third kappa shape index (κ3) is 3.59. The van der Waals surface area contributed by atoms with E-state index in [4.69, 9.17) is 0 Å². The van der Waals surface area contributed by atoms with Gasteiger partial charge in [0.15, 0.2) is 0 Å². The third-order valence-corrected chi connectivity index (χ3v) is 3.34. The van der Waals surface area contributed by atoms with Gasteiger partial charge in [0.2, 0.25) is 0 Å². The van der Waals surface area contributed by atoms with Crippen LogP contribution in [-0.2, 0) is 14.3 Å². The van der Waals surface area contributed by atoms with Crippen LogP contribution in [0.1, 0.15) is 26.7 Å². The molecule has 108 valence electrons. The Morgan fingerprint density at radius 3 is 2.58 bits per heavy atom. The molecule has 0 aliphatic carbocycles. The zero-order valence-corrected chi connectivity index (χ0v) is 11.4. The fraction of sp³-hybridized carbons (Fsp3) is 0.750. The van der Waals surface area contributed by atoms with Crippen LogP contribution in [0.5, 0.6) is 0 Å². The summed E-state index contributed by atoms with van der Waals surface area (Å²) in [7, 11) is 1.23. The molecule has 1 aliphatic rings. The first-order valence-electron chi connectivity index (χ1n) is 6.26. The van der Waals surface area contributed by atoms with E-state index in [1.807, 2.05) is 6.92 Å². The van der Waals surface area contributed by atoms with Gasteiger partial charge >= 0.3 is 18.0 Å². The van der Waals surface area contributed by atoms with Crippen molar-refractivity contribution in [2.24, 2.45) is 5.92 Å². The molecule has 7 nitrogen and oxygen atoms in total. The van der Waals surface area contributed by atoms with Crippen molar-refractivity contribution in [3.8, 4) is 0 Å². The number of urea groups is 1. The van der Waals surface area contributed by atoms with Crippen molar-refractivity contribution >= 4 is 18.0 Å². The highest BCUT2D eigenvalue weighted by atomic mass is 16.5. The van der Waals surface area contributed by atoms with Crippen molar-refractivity contribution in [2.45, 2.75) is 38.8 Å². The molecule has 2 N–H and O–H groups in total. The Morgan fingerprint density at radius 1 is 1.42 bits per heavy atom. The fourth-order valence-electron chi connectivity index (χ4n) is 2.30. The average Bonchev–Trinajstić information content (AvgIpc) is 2.36. The third-order valence-electron chi connectivity index (χ3n) is 3.34. The van der Waals surface area contributed by atoms with Gasteiger partial charge in [-0.2, -0.15) is 0 Å². The van der Waals surface area contributed by atoms with Crippen molar-refractivity contribution in [3.05, 3.63) is 0 Å². The minimum Gasteiger partial charge on any atom is -0.480 e. The Morgan fingerprint density at radius 2 is 2.05 bits per heavy atom. The maximum absolute atomic E-state index is 12.0. The summed E-state index contributed by atoms with van der Waals surface area (Å²) < 4.78 is 4.51. The molecule has 0 aromatic heterocycles. The van der Waals surface area contributed by atoms with Gasteiger partial charge in [-0.25, -0.2) is 14.4 Å². The number of hydrogen-bond donors (Lipinski definition) is 2. The predicted octanol–water partition coefficient (Wildman–Crippen LogP) is 0.443. The van der Waals surface area contributed by atoms with Crippen LogP contribution >= 0.6 is 0 Å². The molecule has 1 saturated heterocycles. The molecule has 0 bridgehead atoms. The molecule has 19 heavy (non-hydrogen) atoms. The summed E-state index contributed by atoms with van der Waals surface area (Å²) in [5, 5.41) is 11.7. The second-order valence-electron chi connectivity index (χ2n) is 4.79. The molecule has 0 saturated carbocycles. The van der Waals surface area contributed by atoms with Gasteiger partial charge in [0.05, 0.1) is 7.11 Å². The molecule has 0 aromatic carbocycles. The van der Waals surface area contributed by atoms with E-state index in [0.717, 1.165) is 12.8 Å². The van der Waals surface area contributed by atoms with E-state index < -0.39 is 30.1 Å². The first-order valence-corrected chi connectivity index (χ1v) is 6.26. The molecule has 3 atom stereocenters. The first-order chi connectivity index (χ1) is 8.88. The Kier molecular flexibility index (Phi) is 5.14. The van der Waals surface area contributed by atoms with Crippen LogP contribution in [0, 0.1) is 5.92 Å². The summed E-state index contributed by atoms with van der Waals surface area (Å²) in [6.07, 6.45) is 1.53. The number of amides is 2. The summed E-state index contributed by atoms with van der Waals surface area (Å²) in [4.78, 5) is 35.8. The molecule has 1 fully saturated rings. The topological polar surface area (TPSA) is 95.9 Å². The van der Waals surface area contributed by atoms with Gasteiger partial charge in [0.1, 0.15) is 12.1 Å². The number of likely N-dealkylation sites (tertiary alicyclic amines) is 1. The lowest BCUT2D eigenvalue weighted by Crippen LogP contribution is -2.57. The van der Waals surface area contributed by atoms with Crippen molar-refractivity contribution < 1.29 is 24.2 Å². The van der Waals surface area contributed by atoms with Crippen LogP contribution in [0.3, 0.4) is 0 Å². The number of carbonyl (C=O) groups is 3. The number of methoxy groups -OCH3 is 1. The number of hydrogen-bond acceptors (Lipinski definition) is 4. The van der Waals surface area contributed by atoms with Gasteiger partial charge in [-0.15, -0.1) is 0 Å². The minimum absolute atomic E-state index is 0.106. The monoisotopic (exact) mass is 272 g/mol. The molecule has 0 spiro atoms. The zero-order chi connectivity index (χ0) is 14.6. The van der Waals surface area contributed by atoms with Crippen molar-refractivity contribution in [1.29, 1.82) is 0 Å². The first kappa shape index (κ1) is 15.3. The number of ether oxygens (including phenoxy) is 1. The van der Waals surface area contributed by atoms with Crippen molar-refractivity contribution in [1.82, 2.24) is 10.2 Å². The summed E-state index contributed by atoms with van der Waals surface area (Å²) in [6.45, 7) is 3.68. The van der Waals surface area contributed by atoms with E-state index >= 15 is 0 Å². The Balaban J connectivity index is 2.73. The number of carboxylic acids is 1. The number of piperidine rings is 1. The van der Waals surface area contributed by atoms with Gasteiger partial charge in [0.25, 0.3) is 0 Å².